The molecule has 0 fully saturated rings. The van der Waals surface area contributed by atoms with Crippen molar-refractivity contribution in [3.8, 4) is 0 Å². The number of hydrogen-bond acceptors (Lipinski definition) is 4. The molecule has 0 bridgehead atoms. The number of ether oxygens (including phenoxy) is 1. The SMILES string of the molecule is CO[C@@H](C)C(=O)NC[C@@H](O)CN(C)C. The van der Waals surface area contributed by atoms with Crippen molar-refractivity contribution in [2.45, 2.75) is 19.1 Å². The van der Waals surface area contributed by atoms with Crippen molar-refractivity contribution < 1.29 is 14.6 Å². The Balaban J connectivity index is 3.66. The second-order valence-electron chi connectivity index (χ2n) is 3.54. The molecule has 0 aliphatic carbocycles. The number of aliphatic hydroxyl groups is 1. The third kappa shape index (κ3) is 5.90. The smallest absolute Gasteiger partial charge is 0.248 e. The van der Waals surface area contributed by atoms with E-state index in [-0.39, 0.29) is 12.5 Å². The summed E-state index contributed by atoms with van der Waals surface area (Å²) < 4.78 is 4.82. The number of carbonyl (C=O) groups excluding carboxylic acids is 1. The Bertz CT molecular complexity index is 173. The van der Waals surface area contributed by atoms with Crippen LogP contribution in [-0.4, -0.2) is 62.4 Å². The van der Waals surface area contributed by atoms with Crippen LogP contribution in [0.15, 0.2) is 0 Å². The number of methoxy groups -OCH3 is 1. The summed E-state index contributed by atoms with van der Waals surface area (Å²) in [6.07, 6.45) is -1.01. The minimum atomic E-state index is -0.544. The molecule has 2 N–H and O–H groups in total. The molecular weight excluding hydrogens is 184 g/mol. The number of carbonyl (C=O) groups is 1. The van der Waals surface area contributed by atoms with Crippen molar-refractivity contribution in [1.29, 1.82) is 0 Å². The predicted molar refractivity (Wildman–Crippen MR) is 54.0 cm³/mol. The first kappa shape index (κ1) is 13.4. The molecule has 0 aromatic carbocycles. The van der Waals surface area contributed by atoms with E-state index in [2.05, 4.69) is 5.32 Å². The van der Waals surface area contributed by atoms with Crippen molar-refractivity contribution >= 4 is 5.91 Å². The van der Waals surface area contributed by atoms with E-state index in [9.17, 15) is 9.90 Å². The Kier molecular flexibility index (Phi) is 6.44. The summed E-state index contributed by atoms with van der Waals surface area (Å²) in [6, 6.07) is 0. The van der Waals surface area contributed by atoms with Crippen LogP contribution in [0.1, 0.15) is 6.92 Å². The average molecular weight is 204 g/mol. The minimum Gasteiger partial charge on any atom is -0.390 e. The zero-order valence-corrected chi connectivity index (χ0v) is 9.28. The Morgan fingerprint density at radius 1 is 1.57 bits per heavy atom. The maximum Gasteiger partial charge on any atom is 0.248 e. The van der Waals surface area contributed by atoms with Crippen molar-refractivity contribution in [3.05, 3.63) is 0 Å². The van der Waals surface area contributed by atoms with Gasteiger partial charge in [-0.3, -0.25) is 4.79 Å². The topological polar surface area (TPSA) is 61.8 Å². The molecule has 0 heterocycles. The number of rotatable bonds is 6. The van der Waals surface area contributed by atoms with Gasteiger partial charge in [0.05, 0.1) is 6.10 Å². The summed E-state index contributed by atoms with van der Waals surface area (Å²) in [5.41, 5.74) is 0. The molecule has 0 aliphatic rings. The van der Waals surface area contributed by atoms with E-state index in [0.29, 0.717) is 6.54 Å². The molecule has 5 heteroatoms. The standard InChI is InChI=1S/C9H20N2O3/c1-7(14-4)9(13)10-5-8(12)6-11(2)3/h7-8,12H,5-6H2,1-4H3,(H,10,13)/t7-,8+/m0/s1. The molecule has 5 nitrogen and oxygen atoms in total. The van der Waals surface area contributed by atoms with E-state index in [1.165, 1.54) is 7.11 Å². The molecule has 0 aromatic rings. The lowest BCUT2D eigenvalue weighted by molar-refractivity contribution is -0.130. The molecule has 0 aliphatic heterocycles. The fourth-order valence-electron chi connectivity index (χ4n) is 0.955. The molecule has 0 spiro atoms. The Hall–Kier alpha value is -0.650. The highest BCUT2D eigenvalue weighted by molar-refractivity contribution is 5.80. The molecule has 0 radical (unpaired) electrons. The zero-order valence-electron chi connectivity index (χ0n) is 9.28. The molecule has 84 valence electrons. The summed E-state index contributed by atoms with van der Waals surface area (Å²) in [7, 11) is 5.20. The number of nitrogens with one attached hydrogen (secondary N) is 1. The van der Waals surface area contributed by atoms with E-state index in [1.807, 2.05) is 19.0 Å². The van der Waals surface area contributed by atoms with Crippen LogP contribution in [0.3, 0.4) is 0 Å². The molecule has 14 heavy (non-hydrogen) atoms. The van der Waals surface area contributed by atoms with Gasteiger partial charge in [0.25, 0.3) is 0 Å². The average Bonchev–Trinajstić information content (AvgIpc) is 2.11. The lowest BCUT2D eigenvalue weighted by Crippen LogP contribution is -2.41. The van der Waals surface area contributed by atoms with Crippen LogP contribution in [0.4, 0.5) is 0 Å². The largest absolute Gasteiger partial charge is 0.390 e. The summed E-state index contributed by atoms with van der Waals surface area (Å²) in [5, 5.41) is 12.0. The first-order chi connectivity index (χ1) is 6.47. The fourth-order valence-corrected chi connectivity index (χ4v) is 0.955. The first-order valence-corrected chi connectivity index (χ1v) is 4.60. The van der Waals surface area contributed by atoms with E-state index in [4.69, 9.17) is 4.74 Å². The van der Waals surface area contributed by atoms with Gasteiger partial charge in [0, 0.05) is 20.2 Å². The predicted octanol–water partition coefficient (Wildman–Crippen LogP) is -0.940. The number of hydrogen-bond donors (Lipinski definition) is 2. The third-order valence-electron chi connectivity index (χ3n) is 1.81. The van der Waals surface area contributed by atoms with Crippen LogP contribution in [0, 0.1) is 0 Å². The normalized spacial score (nSPS) is 15.3. The maximum atomic E-state index is 11.2. The van der Waals surface area contributed by atoms with Gasteiger partial charge in [0.2, 0.25) is 5.91 Å². The van der Waals surface area contributed by atoms with Gasteiger partial charge < -0.3 is 20.1 Å². The lowest BCUT2D eigenvalue weighted by atomic mass is 10.3. The van der Waals surface area contributed by atoms with Gasteiger partial charge in [0.1, 0.15) is 6.10 Å². The van der Waals surface area contributed by atoms with Crippen molar-refractivity contribution in [2.75, 3.05) is 34.3 Å². The molecule has 0 saturated heterocycles. The zero-order chi connectivity index (χ0) is 11.1. The Morgan fingerprint density at radius 2 is 2.14 bits per heavy atom. The second-order valence-corrected chi connectivity index (χ2v) is 3.54. The van der Waals surface area contributed by atoms with Gasteiger partial charge in [-0.1, -0.05) is 0 Å². The van der Waals surface area contributed by atoms with Gasteiger partial charge in [0.15, 0.2) is 0 Å². The van der Waals surface area contributed by atoms with Gasteiger partial charge >= 0.3 is 0 Å². The lowest BCUT2D eigenvalue weighted by Gasteiger charge is -2.17. The molecule has 0 rings (SSSR count). The summed E-state index contributed by atoms with van der Waals surface area (Å²) in [6.45, 7) is 2.44. The fraction of sp³-hybridized carbons (Fsp3) is 0.889. The maximum absolute atomic E-state index is 11.2. The number of amides is 1. The van der Waals surface area contributed by atoms with E-state index in [0.717, 1.165) is 0 Å². The highest BCUT2D eigenvalue weighted by Gasteiger charge is 2.13. The molecular formula is C9H20N2O3. The van der Waals surface area contributed by atoms with E-state index in [1.54, 1.807) is 6.92 Å². The summed E-state index contributed by atoms with van der Waals surface area (Å²) >= 11 is 0. The minimum absolute atomic E-state index is 0.203. The Morgan fingerprint density at radius 3 is 2.57 bits per heavy atom. The quantitative estimate of drug-likeness (QED) is 0.586. The Labute approximate surface area is 85.0 Å². The van der Waals surface area contributed by atoms with Crippen molar-refractivity contribution in [2.24, 2.45) is 0 Å². The van der Waals surface area contributed by atoms with Crippen LogP contribution in [0.2, 0.25) is 0 Å². The van der Waals surface area contributed by atoms with Crippen LogP contribution < -0.4 is 5.32 Å². The molecule has 0 aromatic heterocycles. The van der Waals surface area contributed by atoms with Gasteiger partial charge in [-0.25, -0.2) is 0 Å². The van der Waals surface area contributed by atoms with E-state index < -0.39 is 12.2 Å². The van der Waals surface area contributed by atoms with Crippen LogP contribution >= 0.6 is 0 Å². The van der Waals surface area contributed by atoms with Crippen LogP contribution in [0.5, 0.6) is 0 Å². The summed E-state index contributed by atoms with van der Waals surface area (Å²) in [4.78, 5) is 13.1. The number of aliphatic hydroxyl groups excluding tert-OH is 1. The molecule has 0 saturated carbocycles. The van der Waals surface area contributed by atoms with Crippen molar-refractivity contribution in [1.82, 2.24) is 10.2 Å². The van der Waals surface area contributed by atoms with Gasteiger partial charge in [-0.05, 0) is 21.0 Å². The number of nitrogens with zero attached hydrogens (tertiary/aromatic N) is 1. The van der Waals surface area contributed by atoms with Crippen LogP contribution in [-0.2, 0) is 9.53 Å². The van der Waals surface area contributed by atoms with Crippen LogP contribution in [0.25, 0.3) is 0 Å². The monoisotopic (exact) mass is 204 g/mol. The third-order valence-corrected chi connectivity index (χ3v) is 1.81. The molecule has 2 atom stereocenters. The first-order valence-electron chi connectivity index (χ1n) is 4.60. The second kappa shape index (κ2) is 6.75. The van der Waals surface area contributed by atoms with Gasteiger partial charge in [-0.15, -0.1) is 0 Å². The molecule has 0 unspecified atom stereocenters. The summed E-state index contributed by atoms with van der Waals surface area (Å²) in [5.74, 6) is -0.203. The highest BCUT2D eigenvalue weighted by Crippen LogP contribution is 1.89. The van der Waals surface area contributed by atoms with Gasteiger partial charge in [-0.2, -0.15) is 0 Å². The van der Waals surface area contributed by atoms with Crippen molar-refractivity contribution in [3.63, 3.8) is 0 Å². The number of likely N-dealkylation sites (N-methyl/N-ethyl adjacent to an activating group) is 1. The molecule has 1 amide bonds. The van der Waals surface area contributed by atoms with E-state index >= 15 is 0 Å². The highest BCUT2D eigenvalue weighted by atomic mass is 16.5.